The molecule has 2 rings (SSSR count). The molecule has 18 heavy (non-hydrogen) atoms. The first kappa shape index (κ1) is 13.1. The van der Waals surface area contributed by atoms with Gasteiger partial charge in [0.05, 0.1) is 12.7 Å². The molecule has 1 N–H and O–H groups in total. The Morgan fingerprint density at radius 3 is 2.83 bits per heavy atom. The highest BCUT2D eigenvalue weighted by molar-refractivity contribution is 5.83. The first-order valence-corrected chi connectivity index (χ1v) is 6.53. The maximum absolute atomic E-state index is 5.50. The van der Waals surface area contributed by atoms with E-state index in [1.807, 2.05) is 0 Å². The zero-order valence-corrected chi connectivity index (χ0v) is 11.4. The number of hydrogen-bond acceptors (Lipinski definition) is 2. The van der Waals surface area contributed by atoms with Crippen LogP contribution in [0, 0.1) is 0 Å². The van der Waals surface area contributed by atoms with Crippen LogP contribution >= 0.6 is 0 Å². The Morgan fingerprint density at radius 1 is 1.28 bits per heavy atom. The van der Waals surface area contributed by atoms with E-state index in [1.165, 1.54) is 16.5 Å². The molecule has 3 heteroatoms. The third-order valence-corrected chi connectivity index (χ3v) is 3.02. The van der Waals surface area contributed by atoms with Gasteiger partial charge >= 0.3 is 0 Å². The monoisotopic (exact) mass is 246 g/mol. The molecular formula is C15H22N2O. The van der Waals surface area contributed by atoms with Crippen molar-refractivity contribution in [1.29, 1.82) is 0 Å². The maximum Gasteiger partial charge on any atom is 0.0594 e. The predicted octanol–water partition coefficient (Wildman–Crippen LogP) is 2.69. The van der Waals surface area contributed by atoms with Crippen molar-refractivity contribution < 1.29 is 4.74 Å². The van der Waals surface area contributed by atoms with E-state index in [0.717, 1.165) is 19.7 Å². The zero-order valence-electron chi connectivity index (χ0n) is 11.4. The number of nitrogens with zero attached hydrogens (tertiary/aromatic N) is 1. The molecule has 2 aromatic rings. The summed E-state index contributed by atoms with van der Waals surface area (Å²) in [5.41, 5.74) is 2.63. The molecule has 0 bridgehead atoms. The van der Waals surface area contributed by atoms with E-state index in [9.17, 15) is 0 Å². The van der Waals surface area contributed by atoms with Gasteiger partial charge in [-0.2, -0.15) is 0 Å². The molecule has 1 aromatic heterocycles. The molecule has 3 nitrogen and oxygen atoms in total. The minimum atomic E-state index is 0.310. The van der Waals surface area contributed by atoms with Crippen LogP contribution < -0.4 is 5.32 Å². The fourth-order valence-electron chi connectivity index (χ4n) is 2.16. The zero-order chi connectivity index (χ0) is 13.0. The standard InChI is InChI=1S/C15H22N2O/c1-12(2)18-9-8-16-10-13-11-17(3)15-7-5-4-6-14(13)15/h4-7,11-12,16H,8-10H2,1-3H3. The van der Waals surface area contributed by atoms with Gasteiger partial charge in [0.15, 0.2) is 0 Å². The summed E-state index contributed by atoms with van der Waals surface area (Å²) in [7, 11) is 2.09. The summed E-state index contributed by atoms with van der Waals surface area (Å²) in [6, 6.07) is 8.50. The molecule has 0 spiro atoms. The van der Waals surface area contributed by atoms with Crippen molar-refractivity contribution in [2.45, 2.75) is 26.5 Å². The molecule has 0 aliphatic heterocycles. The van der Waals surface area contributed by atoms with Gasteiger partial charge in [0.25, 0.3) is 0 Å². The van der Waals surface area contributed by atoms with Crippen molar-refractivity contribution in [3.63, 3.8) is 0 Å². The van der Waals surface area contributed by atoms with Gasteiger partial charge in [0.1, 0.15) is 0 Å². The highest BCUT2D eigenvalue weighted by Gasteiger charge is 2.04. The predicted molar refractivity (Wildman–Crippen MR) is 75.7 cm³/mol. The first-order chi connectivity index (χ1) is 8.68. The number of aryl methyl sites for hydroxylation is 1. The minimum Gasteiger partial charge on any atom is -0.377 e. The van der Waals surface area contributed by atoms with Crippen LogP contribution in [0.15, 0.2) is 30.5 Å². The normalized spacial score (nSPS) is 11.6. The summed E-state index contributed by atoms with van der Waals surface area (Å²) in [6.07, 6.45) is 2.50. The molecule has 0 aliphatic rings. The fraction of sp³-hybridized carbons (Fsp3) is 0.467. The number of para-hydroxylation sites is 1. The van der Waals surface area contributed by atoms with Crippen LogP contribution in [0.25, 0.3) is 10.9 Å². The van der Waals surface area contributed by atoms with E-state index in [0.29, 0.717) is 6.10 Å². The Bertz CT molecular complexity index is 502. The van der Waals surface area contributed by atoms with Crippen LogP contribution in [0.1, 0.15) is 19.4 Å². The lowest BCUT2D eigenvalue weighted by molar-refractivity contribution is 0.0807. The molecular weight excluding hydrogens is 224 g/mol. The summed E-state index contributed by atoms with van der Waals surface area (Å²) < 4.78 is 7.68. The quantitative estimate of drug-likeness (QED) is 0.793. The minimum absolute atomic E-state index is 0.310. The Hall–Kier alpha value is -1.32. The summed E-state index contributed by atoms with van der Waals surface area (Å²) >= 11 is 0. The van der Waals surface area contributed by atoms with Crippen LogP contribution in [0.3, 0.4) is 0 Å². The van der Waals surface area contributed by atoms with E-state index in [1.54, 1.807) is 0 Å². The topological polar surface area (TPSA) is 26.2 Å². The molecule has 0 saturated heterocycles. The van der Waals surface area contributed by atoms with Crippen molar-refractivity contribution in [3.05, 3.63) is 36.0 Å². The number of hydrogen-bond donors (Lipinski definition) is 1. The largest absolute Gasteiger partial charge is 0.377 e. The Labute approximate surface area is 109 Å². The number of benzene rings is 1. The molecule has 98 valence electrons. The van der Waals surface area contributed by atoms with Crippen molar-refractivity contribution >= 4 is 10.9 Å². The number of aromatic nitrogens is 1. The van der Waals surface area contributed by atoms with Crippen LogP contribution in [0.2, 0.25) is 0 Å². The molecule has 0 radical (unpaired) electrons. The van der Waals surface area contributed by atoms with Gasteiger partial charge in [-0.3, -0.25) is 0 Å². The van der Waals surface area contributed by atoms with E-state index in [2.05, 4.69) is 61.2 Å². The molecule has 0 atom stereocenters. The molecule has 0 saturated carbocycles. The van der Waals surface area contributed by atoms with Crippen molar-refractivity contribution in [3.8, 4) is 0 Å². The van der Waals surface area contributed by atoms with Gasteiger partial charge in [-0.25, -0.2) is 0 Å². The fourth-order valence-corrected chi connectivity index (χ4v) is 2.16. The number of rotatable bonds is 6. The highest BCUT2D eigenvalue weighted by atomic mass is 16.5. The van der Waals surface area contributed by atoms with Crippen LogP contribution in [-0.4, -0.2) is 23.8 Å². The number of fused-ring (bicyclic) bond motifs is 1. The van der Waals surface area contributed by atoms with Gasteiger partial charge in [0.2, 0.25) is 0 Å². The van der Waals surface area contributed by atoms with Gasteiger partial charge in [-0.05, 0) is 25.5 Å². The molecule has 1 aromatic carbocycles. The van der Waals surface area contributed by atoms with E-state index >= 15 is 0 Å². The lowest BCUT2D eigenvalue weighted by Crippen LogP contribution is -2.20. The third kappa shape index (κ3) is 3.12. The summed E-state index contributed by atoms with van der Waals surface area (Å²) in [5.74, 6) is 0. The second-order valence-electron chi connectivity index (χ2n) is 4.88. The summed E-state index contributed by atoms with van der Waals surface area (Å²) in [4.78, 5) is 0. The van der Waals surface area contributed by atoms with Gasteiger partial charge in [0, 0.05) is 37.2 Å². The third-order valence-electron chi connectivity index (χ3n) is 3.02. The van der Waals surface area contributed by atoms with Crippen molar-refractivity contribution in [2.75, 3.05) is 13.2 Å². The lowest BCUT2D eigenvalue weighted by atomic mass is 10.2. The Morgan fingerprint density at radius 2 is 2.06 bits per heavy atom. The van der Waals surface area contributed by atoms with Gasteiger partial charge in [-0.15, -0.1) is 0 Å². The molecule has 0 aliphatic carbocycles. The van der Waals surface area contributed by atoms with Gasteiger partial charge < -0.3 is 14.6 Å². The first-order valence-electron chi connectivity index (χ1n) is 6.53. The van der Waals surface area contributed by atoms with Crippen molar-refractivity contribution in [2.24, 2.45) is 7.05 Å². The Balaban J connectivity index is 1.92. The molecule has 0 unspecified atom stereocenters. The van der Waals surface area contributed by atoms with E-state index in [-0.39, 0.29) is 0 Å². The summed E-state index contributed by atoms with van der Waals surface area (Å²) in [5, 5.41) is 4.75. The van der Waals surface area contributed by atoms with E-state index < -0.39 is 0 Å². The second-order valence-corrected chi connectivity index (χ2v) is 4.88. The SMILES string of the molecule is CC(C)OCCNCc1cn(C)c2ccccc12. The lowest BCUT2D eigenvalue weighted by Gasteiger charge is -2.08. The van der Waals surface area contributed by atoms with Gasteiger partial charge in [-0.1, -0.05) is 18.2 Å². The summed E-state index contributed by atoms with van der Waals surface area (Å²) in [6.45, 7) is 6.67. The highest BCUT2D eigenvalue weighted by Crippen LogP contribution is 2.19. The van der Waals surface area contributed by atoms with Crippen LogP contribution in [0.4, 0.5) is 0 Å². The smallest absolute Gasteiger partial charge is 0.0594 e. The van der Waals surface area contributed by atoms with Crippen molar-refractivity contribution in [1.82, 2.24) is 9.88 Å². The van der Waals surface area contributed by atoms with Crippen LogP contribution in [-0.2, 0) is 18.3 Å². The number of nitrogens with one attached hydrogen (secondary N) is 1. The molecule has 0 amide bonds. The molecule has 1 heterocycles. The number of ether oxygens (including phenoxy) is 1. The van der Waals surface area contributed by atoms with E-state index in [4.69, 9.17) is 4.74 Å². The maximum atomic E-state index is 5.50. The molecule has 0 fully saturated rings. The Kier molecular flexibility index (Phi) is 4.39. The second kappa shape index (κ2) is 6.03. The average molecular weight is 246 g/mol. The van der Waals surface area contributed by atoms with Crippen LogP contribution in [0.5, 0.6) is 0 Å². The average Bonchev–Trinajstić information content (AvgIpc) is 2.66.